The van der Waals surface area contributed by atoms with E-state index in [0.29, 0.717) is 0 Å². The number of hydrogen-bond donors (Lipinski definition) is 0. The monoisotopic (exact) mass is 424 g/mol. The Kier molecular flexibility index (Phi) is 317. The van der Waals surface area contributed by atoms with Crippen LogP contribution in [0.4, 0.5) is 0 Å². The van der Waals surface area contributed by atoms with Gasteiger partial charge in [0.2, 0.25) is 0 Å². The molecule has 0 rings (SSSR count). The van der Waals surface area contributed by atoms with Crippen LogP contribution in [0.2, 0.25) is 0 Å². The zero-order chi connectivity index (χ0) is 0. The van der Waals surface area contributed by atoms with Gasteiger partial charge in [-0.1, -0.05) is 0 Å². The molecule has 0 spiro atoms. The molecule has 0 saturated heterocycles. The first kappa shape index (κ1) is 51.8. The second kappa shape index (κ2) is 36.7. The van der Waals surface area contributed by atoms with E-state index in [1.165, 1.54) is 0 Å². The normalized spacial score (nSPS) is 0. The van der Waals surface area contributed by atoms with Crippen molar-refractivity contribution < 1.29 is 116 Å². The maximum Gasteiger partial charge on any atom is 0.0814 e. The second-order valence-electron chi connectivity index (χ2n) is 0. The molecule has 6 heavy (non-hydrogen) atoms. The van der Waals surface area contributed by atoms with Gasteiger partial charge in [-0.05, 0) is 0 Å². The van der Waals surface area contributed by atoms with E-state index < -0.39 is 0 Å². The molecule has 0 aromatic carbocycles. The van der Waals surface area contributed by atoms with Gasteiger partial charge in [0.1, 0.15) is 0 Å². The maximum absolute atomic E-state index is 0. The number of hydrogen-bond acceptors (Lipinski definition) is 0. The van der Waals surface area contributed by atoms with E-state index in [2.05, 4.69) is 0 Å². The Bertz CT molecular complexity index is 9.51. The van der Waals surface area contributed by atoms with Gasteiger partial charge < -0.3 is 0 Å². The molecule has 0 atom stereocenters. The van der Waals surface area contributed by atoms with Crippen LogP contribution < -0.4 is 0 Å². The molecule has 36 valence electrons. The summed E-state index contributed by atoms with van der Waals surface area (Å²) in [5.41, 5.74) is 0. The van der Waals surface area contributed by atoms with Gasteiger partial charge in [0.05, 0.1) is 16.8 Å². The summed E-state index contributed by atoms with van der Waals surface area (Å²) in [4.78, 5) is 0. The molecular weight excluding hydrogens is 422 g/mol. The van der Waals surface area contributed by atoms with Crippen molar-refractivity contribution in [3.8, 4) is 0 Å². The summed E-state index contributed by atoms with van der Waals surface area (Å²) in [6.07, 6.45) is 0. The Morgan fingerprint density at radius 2 is 0.500 bits per heavy atom. The van der Waals surface area contributed by atoms with Crippen LogP contribution in [0.3, 0.4) is 0 Å². The average Bonchev–Trinajstić information content (AvgIpc) is 0. The van der Waals surface area contributed by atoms with Gasteiger partial charge >= 0.3 is 0 Å². The molecule has 0 aliphatic rings. The quantitative estimate of drug-likeness (QED) is 0.379. The van der Waals surface area contributed by atoms with Gasteiger partial charge in [-0.3, -0.25) is 0 Å². The molecule has 0 aliphatic heterocycles. The molecule has 0 heterocycles. The van der Waals surface area contributed by atoms with Crippen LogP contribution in [-0.4, -0.2) is 16.8 Å². The van der Waals surface area contributed by atoms with Crippen molar-refractivity contribution in [2.75, 3.05) is 0 Å². The molecule has 0 unspecified atom stereocenters. The van der Waals surface area contributed by atoms with Crippen LogP contribution in [0.1, 0.15) is 0 Å². The van der Waals surface area contributed by atoms with Crippen molar-refractivity contribution in [3.05, 3.63) is 0 Å². The van der Waals surface area contributed by atoms with Gasteiger partial charge in [0, 0.05) is 116 Å². The predicted octanol–water partition coefficient (Wildman–Crippen LogP) is -2.37. The van der Waals surface area contributed by atoms with Crippen LogP contribution in [-0.2, 0) is 34.1 Å². The Morgan fingerprint density at radius 1 is 0.500 bits per heavy atom. The van der Waals surface area contributed by atoms with Gasteiger partial charge in [-0.15, -0.1) is 0 Å². The first-order chi connectivity index (χ1) is 0. The summed E-state index contributed by atoms with van der Waals surface area (Å²) in [5.74, 6) is 0. The van der Waals surface area contributed by atoms with E-state index in [9.17, 15) is 0 Å². The molecule has 0 fully saturated rings. The van der Waals surface area contributed by atoms with Crippen LogP contribution in [0.15, 0.2) is 0 Å². The van der Waals surface area contributed by atoms with Crippen molar-refractivity contribution in [2.24, 2.45) is 0 Å². The molecule has 0 aromatic heterocycles. The first-order valence-corrected chi connectivity index (χ1v) is 0. The van der Waals surface area contributed by atoms with Crippen molar-refractivity contribution >= 4 is 16.8 Å². The molecule has 0 bridgehead atoms. The molecule has 0 aromatic rings. The minimum Gasteiger partial charge on any atom is 0 e. The molecule has 0 N–H and O–H groups in total. The molecule has 0 amide bonds. The topological polar surface area (TPSA) is 0 Å². The molecular formula is H6B2Fe2Nd2. The largest absolute Gasteiger partial charge is 0.0814 e. The van der Waals surface area contributed by atoms with E-state index in [4.69, 9.17) is 0 Å². The Hall–Kier alpha value is 3.87. The summed E-state index contributed by atoms with van der Waals surface area (Å²) in [7, 11) is 0. The van der Waals surface area contributed by atoms with Crippen molar-refractivity contribution in [2.45, 2.75) is 0 Å². The zero-order valence-electron chi connectivity index (χ0n) is 1.71. The summed E-state index contributed by atoms with van der Waals surface area (Å²) >= 11 is 0. The van der Waals surface area contributed by atoms with E-state index in [0.717, 1.165) is 0 Å². The van der Waals surface area contributed by atoms with Gasteiger partial charge in [-0.2, -0.15) is 0 Å². The third kappa shape index (κ3) is 24.8. The SMILES string of the molecule is B.B.[Fe].[Fe].[Nd].[Nd]. The smallest absolute Gasteiger partial charge is 0 e. The van der Waals surface area contributed by atoms with Crippen molar-refractivity contribution in [3.63, 3.8) is 0 Å². The van der Waals surface area contributed by atoms with E-state index >= 15 is 0 Å². The third-order valence-electron chi connectivity index (χ3n) is 0. The summed E-state index contributed by atoms with van der Waals surface area (Å²) in [6, 6.07) is 0. The minimum absolute atomic E-state index is 0. The third-order valence-corrected chi connectivity index (χ3v) is 0. The van der Waals surface area contributed by atoms with Gasteiger partial charge in [0.25, 0.3) is 0 Å². The number of rotatable bonds is 0. The second-order valence-corrected chi connectivity index (χ2v) is 0. The standard InChI is InChI=1S/2BH3.2Fe.2Nd/h2*1H3;;;;. The zero-order valence-corrected chi connectivity index (χ0v) is 10.3. The molecule has 0 saturated carbocycles. The minimum atomic E-state index is 0. The van der Waals surface area contributed by atoms with Gasteiger partial charge in [-0.25, -0.2) is 0 Å². The Balaban J connectivity index is 0. The average molecular weight is 428 g/mol. The summed E-state index contributed by atoms with van der Waals surface area (Å²) in [6.45, 7) is 0. The van der Waals surface area contributed by atoms with E-state index in [1.54, 1.807) is 0 Å². The fraction of sp³-hybridized carbons (Fsp3) is 0. The van der Waals surface area contributed by atoms with Crippen LogP contribution in [0.25, 0.3) is 0 Å². The van der Waals surface area contributed by atoms with E-state index in [1.807, 2.05) is 0 Å². The Morgan fingerprint density at radius 3 is 0.500 bits per heavy atom. The summed E-state index contributed by atoms with van der Waals surface area (Å²) in [5, 5.41) is 0. The summed E-state index contributed by atoms with van der Waals surface area (Å²) < 4.78 is 0. The first-order valence-electron chi connectivity index (χ1n) is 0. The Labute approximate surface area is 129 Å². The molecule has 6 heteroatoms. The van der Waals surface area contributed by atoms with Crippen LogP contribution >= 0.6 is 0 Å². The van der Waals surface area contributed by atoms with Crippen molar-refractivity contribution in [1.82, 2.24) is 0 Å². The molecule has 0 nitrogen and oxygen atoms in total. The molecule has 0 radical (unpaired) electrons. The predicted molar refractivity (Wildman–Crippen MR) is 19.9 cm³/mol. The van der Waals surface area contributed by atoms with Crippen molar-refractivity contribution in [1.29, 1.82) is 0 Å². The van der Waals surface area contributed by atoms with Crippen LogP contribution in [0, 0.1) is 81.7 Å². The van der Waals surface area contributed by atoms with Crippen LogP contribution in [0.5, 0.6) is 0 Å². The fourth-order valence-corrected chi connectivity index (χ4v) is 0. The maximum atomic E-state index is 0. The fourth-order valence-electron chi connectivity index (χ4n) is 0. The van der Waals surface area contributed by atoms with E-state index in [-0.39, 0.29) is 133 Å². The molecule has 0 aliphatic carbocycles. The van der Waals surface area contributed by atoms with Gasteiger partial charge in [0.15, 0.2) is 0 Å².